The van der Waals surface area contributed by atoms with Crippen LogP contribution in [0.25, 0.3) is 0 Å². The summed E-state index contributed by atoms with van der Waals surface area (Å²) in [6.45, 7) is 8.29. The first-order valence-corrected chi connectivity index (χ1v) is 7.45. The van der Waals surface area contributed by atoms with Crippen LogP contribution in [0.2, 0.25) is 0 Å². The molecule has 3 heteroatoms. The van der Waals surface area contributed by atoms with Gasteiger partial charge >= 0.3 is 0 Å². The number of aryl methyl sites for hydroxylation is 1. The van der Waals surface area contributed by atoms with Crippen LogP contribution in [0.15, 0.2) is 18.2 Å². The average Bonchev–Trinajstić information content (AvgIpc) is 2.39. The van der Waals surface area contributed by atoms with Gasteiger partial charge in [-0.15, -0.1) is 0 Å². The molecule has 1 aromatic rings. The fourth-order valence-corrected chi connectivity index (χ4v) is 2.24. The van der Waals surface area contributed by atoms with Crippen molar-refractivity contribution in [1.29, 1.82) is 0 Å². The molecule has 21 heavy (non-hydrogen) atoms. The number of carbonyl (C=O) groups excluding carboxylic acids is 1. The maximum atomic E-state index is 12.4. The summed E-state index contributed by atoms with van der Waals surface area (Å²) in [5.41, 5.74) is 2.35. The minimum atomic E-state index is -0.0832. The van der Waals surface area contributed by atoms with Crippen molar-refractivity contribution in [2.75, 3.05) is 6.61 Å². The van der Waals surface area contributed by atoms with Gasteiger partial charge in [-0.1, -0.05) is 37.3 Å². The highest BCUT2D eigenvalue weighted by Gasteiger charge is 2.14. The number of carbonyl (C=O) groups is 1. The largest absolute Gasteiger partial charge is 0.395 e. The highest BCUT2D eigenvalue weighted by atomic mass is 16.2. The predicted molar refractivity (Wildman–Crippen MR) is 86.1 cm³/mol. The van der Waals surface area contributed by atoms with Crippen LogP contribution in [0.3, 0.4) is 0 Å². The lowest BCUT2D eigenvalue weighted by atomic mass is 10.0. The second-order valence-electron chi connectivity index (χ2n) is 5.83. The number of amides is 1. The van der Waals surface area contributed by atoms with Crippen molar-refractivity contribution in [2.45, 2.75) is 46.6 Å². The van der Waals surface area contributed by atoms with Crippen LogP contribution in [0.5, 0.6) is 0 Å². The summed E-state index contributed by atoms with van der Waals surface area (Å²) in [5.74, 6) is 6.30. The van der Waals surface area contributed by atoms with Crippen molar-refractivity contribution in [1.82, 2.24) is 5.32 Å². The number of hydrogen-bond acceptors (Lipinski definition) is 2. The summed E-state index contributed by atoms with van der Waals surface area (Å²) in [6, 6.07) is 5.80. The van der Waals surface area contributed by atoms with E-state index in [9.17, 15) is 4.79 Å². The van der Waals surface area contributed by atoms with Gasteiger partial charge in [0.2, 0.25) is 0 Å². The molecule has 0 saturated carbocycles. The van der Waals surface area contributed by atoms with Crippen LogP contribution in [0, 0.1) is 24.7 Å². The van der Waals surface area contributed by atoms with Crippen LogP contribution in [-0.2, 0) is 0 Å². The first kappa shape index (κ1) is 17.3. The molecule has 0 aliphatic heterocycles. The molecule has 0 saturated heterocycles. The van der Waals surface area contributed by atoms with Gasteiger partial charge in [-0.05, 0) is 38.3 Å². The monoisotopic (exact) mass is 287 g/mol. The number of rotatable bonds is 5. The first-order valence-electron chi connectivity index (χ1n) is 7.45. The molecular weight excluding hydrogens is 262 g/mol. The van der Waals surface area contributed by atoms with E-state index in [0.29, 0.717) is 23.5 Å². The summed E-state index contributed by atoms with van der Waals surface area (Å²) in [4.78, 5) is 12.4. The summed E-state index contributed by atoms with van der Waals surface area (Å²) >= 11 is 0. The number of aliphatic hydroxyl groups is 1. The van der Waals surface area contributed by atoms with Crippen LogP contribution in [-0.4, -0.2) is 23.7 Å². The van der Waals surface area contributed by atoms with Gasteiger partial charge in [0, 0.05) is 18.0 Å². The van der Waals surface area contributed by atoms with Crippen molar-refractivity contribution in [3.63, 3.8) is 0 Å². The van der Waals surface area contributed by atoms with Gasteiger partial charge in [-0.25, -0.2) is 0 Å². The second-order valence-corrected chi connectivity index (χ2v) is 5.83. The zero-order chi connectivity index (χ0) is 15.8. The van der Waals surface area contributed by atoms with Gasteiger partial charge < -0.3 is 10.4 Å². The van der Waals surface area contributed by atoms with E-state index >= 15 is 0 Å². The molecule has 0 spiro atoms. The lowest BCUT2D eigenvalue weighted by Gasteiger charge is -2.16. The Balaban J connectivity index is 2.92. The first-order chi connectivity index (χ1) is 9.93. The molecule has 1 rings (SSSR count). The van der Waals surface area contributed by atoms with Gasteiger partial charge in [0.25, 0.3) is 5.91 Å². The molecule has 0 aliphatic rings. The Morgan fingerprint density at radius 3 is 2.67 bits per heavy atom. The number of benzene rings is 1. The van der Waals surface area contributed by atoms with Crippen LogP contribution >= 0.6 is 0 Å². The topological polar surface area (TPSA) is 49.3 Å². The van der Waals surface area contributed by atoms with E-state index < -0.39 is 0 Å². The van der Waals surface area contributed by atoms with Gasteiger partial charge in [0.1, 0.15) is 0 Å². The molecule has 0 aliphatic carbocycles. The molecule has 0 bridgehead atoms. The molecule has 0 radical (unpaired) electrons. The summed E-state index contributed by atoms with van der Waals surface area (Å²) in [7, 11) is 0. The molecule has 1 amide bonds. The van der Waals surface area contributed by atoms with E-state index in [0.717, 1.165) is 12.0 Å². The third-order valence-corrected chi connectivity index (χ3v) is 3.08. The molecule has 1 unspecified atom stereocenters. The minimum absolute atomic E-state index is 0.0335. The van der Waals surface area contributed by atoms with Gasteiger partial charge in [0.05, 0.1) is 12.2 Å². The number of aliphatic hydroxyl groups excluding tert-OH is 1. The molecule has 2 N–H and O–H groups in total. The lowest BCUT2D eigenvalue weighted by Crippen LogP contribution is -2.34. The van der Waals surface area contributed by atoms with Crippen molar-refractivity contribution in [2.24, 2.45) is 5.92 Å². The molecule has 0 heterocycles. The summed E-state index contributed by atoms with van der Waals surface area (Å²) in [6.07, 6.45) is 1.36. The standard InChI is InChI=1S/C18H25NO2/c1-13(2)11-15(4)19-18(21)17-12-14(3)8-9-16(17)7-5-6-10-20/h8-9,12-13,15,20H,6,10-11H2,1-4H3,(H,19,21). The quantitative estimate of drug-likeness (QED) is 0.818. The molecule has 1 atom stereocenters. The fourth-order valence-electron chi connectivity index (χ4n) is 2.24. The maximum Gasteiger partial charge on any atom is 0.252 e. The van der Waals surface area contributed by atoms with Crippen molar-refractivity contribution in [3.05, 3.63) is 34.9 Å². The van der Waals surface area contributed by atoms with E-state index in [1.165, 1.54) is 0 Å². The average molecular weight is 287 g/mol. The molecule has 3 nitrogen and oxygen atoms in total. The van der Waals surface area contributed by atoms with Crippen LogP contribution < -0.4 is 5.32 Å². The maximum absolute atomic E-state index is 12.4. The molecule has 1 aromatic carbocycles. The van der Waals surface area contributed by atoms with E-state index in [1.807, 2.05) is 32.0 Å². The Labute approximate surface area is 127 Å². The van der Waals surface area contributed by atoms with Crippen molar-refractivity contribution >= 4 is 5.91 Å². The van der Waals surface area contributed by atoms with Crippen LogP contribution in [0.4, 0.5) is 0 Å². The Bertz CT molecular complexity index is 538. The Morgan fingerprint density at radius 1 is 1.33 bits per heavy atom. The minimum Gasteiger partial charge on any atom is -0.395 e. The second kappa shape index (κ2) is 8.49. The zero-order valence-corrected chi connectivity index (χ0v) is 13.4. The molecule has 0 aromatic heterocycles. The van der Waals surface area contributed by atoms with E-state index in [2.05, 4.69) is 31.0 Å². The smallest absolute Gasteiger partial charge is 0.252 e. The zero-order valence-electron chi connectivity index (χ0n) is 13.4. The normalized spacial score (nSPS) is 11.7. The van der Waals surface area contributed by atoms with E-state index in [1.54, 1.807) is 0 Å². The Hall–Kier alpha value is -1.79. The lowest BCUT2D eigenvalue weighted by molar-refractivity contribution is 0.0936. The molecule has 114 valence electrons. The number of nitrogens with one attached hydrogen (secondary N) is 1. The molecule has 0 fully saturated rings. The Kier molecular flexibility index (Phi) is 6.98. The van der Waals surface area contributed by atoms with Gasteiger partial charge in [0.15, 0.2) is 0 Å². The summed E-state index contributed by atoms with van der Waals surface area (Å²) < 4.78 is 0. The fraction of sp³-hybridized carbons (Fsp3) is 0.500. The molecular formula is C18H25NO2. The SMILES string of the molecule is Cc1ccc(C#CCCO)c(C(=O)NC(C)CC(C)C)c1. The van der Waals surface area contributed by atoms with E-state index in [-0.39, 0.29) is 18.6 Å². The highest BCUT2D eigenvalue weighted by molar-refractivity contribution is 5.97. The van der Waals surface area contributed by atoms with Crippen LogP contribution in [0.1, 0.15) is 55.1 Å². The van der Waals surface area contributed by atoms with Gasteiger partial charge in [-0.2, -0.15) is 0 Å². The summed E-state index contributed by atoms with van der Waals surface area (Å²) in [5, 5.41) is 11.8. The highest BCUT2D eigenvalue weighted by Crippen LogP contribution is 2.12. The van der Waals surface area contributed by atoms with Crippen molar-refractivity contribution in [3.8, 4) is 11.8 Å². The third kappa shape index (κ3) is 6.01. The van der Waals surface area contributed by atoms with E-state index in [4.69, 9.17) is 5.11 Å². The Morgan fingerprint density at radius 2 is 2.05 bits per heavy atom. The predicted octanol–water partition coefficient (Wildman–Crippen LogP) is 2.89. The number of hydrogen-bond donors (Lipinski definition) is 2. The van der Waals surface area contributed by atoms with Crippen molar-refractivity contribution < 1.29 is 9.90 Å². The third-order valence-electron chi connectivity index (χ3n) is 3.08. The van der Waals surface area contributed by atoms with Gasteiger partial charge in [-0.3, -0.25) is 4.79 Å².